The van der Waals surface area contributed by atoms with Gasteiger partial charge in [-0.2, -0.15) is 0 Å². The number of hydrogen-bond donors (Lipinski definition) is 1. The molecule has 0 aliphatic heterocycles. The summed E-state index contributed by atoms with van der Waals surface area (Å²) in [4.78, 5) is 0. The van der Waals surface area contributed by atoms with Crippen molar-refractivity contribution in [3.63, 3.8) is 0 Å². The molecule has 2 N–H and O–H groups in total. The predicted octanol–water partition coefficient (Wildman–Crippen LogP) is 3.19. The molecule has 82 valence electrons. The van der Waals surface area contributed by atoms with Gasteiger partial charge in [0.25, 0.3) is 0 Å². The molecule has 1 heteroatoms. The van der Waals surface area contributed by atoms with E-state index in [2.05, 4.69) is 38.1 Å². The SMILES string of the molecule is CC1(C)CC[C@@H](CCN)c2ccccc21. The van der Waals surface area contributed by atoms with Crippen molar-refractivity contribution in [1.82, 2.24) is 0 Å². The molecule has 0 spiro atoms. The highest BCUT2D eigenvalue weighted by atomic mass is 14.5. The van der Waals surface area contributed by atoms with Gasteiger partial charge < -0.3 is 5.73 Å². The molecule has 1 aliphatic carbocycles. The van der Waals surface area contributed by atoms with Gasteiger partial charge in [-0.3, -0.25) is 0 Å². The number of rotatable bonds is 2. The molecule has 15 heavy (non-hydrogen) atoms. The van der Waals surface area contributed by atoms with Gasteiger partial charge in [-0.15, -0.1) is 0 Å². The van der Waals surface area contributed by atoms with Crippen LogP contribution in [0.25, 0.3) is 0 Å². The van der Waals surface area contributed by atoms with Crippen LogP contribution in [0.15, 0.2) is 24.3 Å². The molecule has 1 nitrogen and oxygen atoms in total. The molecule has 2 rings (SSSR count). The average Bonchev–Trinajstić information content (AvgIpc) is 2.23. The van der Waals surface area contributed by atoms with Crippen molar-refractivity contribution in [2.75, 3.05) is 6.54 Å². The standard InChI is InChI=1S/C14H21N/c1-14(2)9-7-11(8-10-15)12-5-3-4-6-13(12)14/h3-6,11H,7-10,15H2,1-2H3/t11-/m0/s1. The minimum Gasteiger partial charge on any atom is -0.330 e. The van der Waals surface area contributed by atoms with Crippen molar-refractivity contribution in [3.05, 3.63) is 35.4 Å². The lowest BCUT2D eigenvalue weighted by molar-refractivity contribution is 0.384. The smallest absolute Gasteiger partial charge is 0.00714 e. The summed E-state index contributed by atoms with van der Waals surface area (Å²) in [6, 6.07) is 8.89. The van der Waals surface area contributed by atoms with Crippen molar-refractivity contribution < 1.29 is 0 Å². The zero-order valence-electron chi connectivity index (χ0n) is 9.79. The minimum absolute atomic E-state index is 0.349. The zero-order valence-corrected chi connectivity index (χ0v) is 9.79. The van der Waals surface area contributed by atoms with Crippen molar-refractivity contribution in [3.8, 4) is 0 Å². The number of nitrogens with two attached hydrogens (primary N) is 1. The van der Waals surface area contributed by atoms with E-state index in [1.54, 1.807) is 5.56 Å². The first-order chi connectivity index (χ1) is 7.15. The highest BCUT2D eigenvalue weighted by molar-refractivity contribution is 5.38. The molecule has 0 bridgehead atoms. The largest absolute Gasteiger partial charge is 0.330 e. The Bertz CT molecular complexity index is 341. The summed E-state index contributed by atoms with van der Waals surface area (Å²) >= 11 is 0. The lowest BCUT2D eigenvalue weighted by atomic mass is 9.68. The second-order valence-corrected chi connectivity index (χ2v) is 5.28. The fraction of sp³-hybridized carbons (Fsp3) is 0.571. The predicted molar refractivity (Wildman–Crippen MR) is 65.1 cm³/mol. The molecule has 1 aliphatic rings. The van der Waals surface area contributed by atoms with E-state index in [1.165, 1.54) is 18.4 Å². The van der Waals surface area contributed by atoms with Crippen LogP contribution in [0.1, 0.15) is 50.2 Å². The summed E-state index contributed by atoms with van der Waals surface area (Å²) in [5, 5.41) is 0. The molecule has 0 aromatic heterocycles. The van der Waals surface area contributed by atoms with Gasteiger partial charge in [-0.05, 0) is 48.3 Å². The Morgan fingerprint density at radius 3 is 2.80 bits per heavy atom. The molecule has 0 radical (unpaired) electrons. The third-order valence-corrected chi connectivity index (χ3v) is 3.76. The third-order valence-electron chi connectivity index (χ3n) is 3.76. The van der Waals surface area contributed by atoms with Gasteiger partial charge in [0.15, 0.2) is 0 Å². The summed E-state index contributed by atoms with van der Waals surface area (Å²) in [5.74, 6) is 0.694. The van der Waals surface area contributed by atoms with Crippen LogP contribution in [0.3, 0.4) is 0 Å². The van der Waals surface area contributed by atoms with Crippen LogP contribution in [-0.2, 0) is 5.41 Å². The number of fused-ring (bicyclic) bond motifs is 1. The summed E-state index contributed by atoms with van der Waals surface area (Å²) < 4.78 is 0. The van der Waals surface area contributed by atoms with Crippen LogP contribution in [0.5, 0.6) is 0 Å². The molecule has 0 unspecified atom stereocenters. The Hall–Kier alpha value is -0.820. The maximum Gasteiger partial charge on any atom is -0.00714 e. The first kappa shape index (κ1) is 10.7. The van der Waals surface area contributed by atoms with Gasteiger partial charge in [0, 0.05) is 0 Å². The second-order valence-electron chi connectivity index (χ2n) is 5.28. The quantitative estimate of drug-likeness (QED) is 0.785. The minimum atomic E-state index is 0.349. The van der Waals surface area contributed by atoms with Crippen molar-refractivity contribution in [2.45, 2.75) is 44.4 Å². The van der Waals surface area contributed by atoms with Crippen LogP contribution in [0.4, 0.5) is 0 Å². The Labute approximate surface area is 92.7 Å². The molecular weight excluding hydrogens is 182 g/mol. The highest BCUT2D eigenvalue weighted by Gasteiger charge is 2.31. The molecule has 0 saturated carbocycles. The van der Waals surface area contributed by atoms with Gasteiger partial charge in [0.2, 0.25) is 0 Å². The Balaban J connectivity index is 2.39. The van der Waals surface area contributed by atoms with Crippen molar-refractivity contribution in [1.29, 1.82) is 0 Å². The zero-order chi connectivity index (χ0) is 10.9. The topological polar surface area (TPSA) is 26.0 Å². The number of benzene rings is 1. The molecule has 0 saturated heterocycles. The Morgan fingerprint density at radius 1 is 1.33 bits per heavy atom. The van der Waals surface area contributed by atoms with E-state index in [0.717, 1.165) is 13.0 Å². The van der Waals surface area contributed by atoms with Gasteiger partial charge in [0.05, 0.1) is 0 Å². The molecule has 1 aromatic rings. The lowest BCUT2D eigenvalue weighted by Crippen LogP contribution is -2.27. The van der Waals surface area contributed by atoms with E-state index in [0.29, 0.717) is 11.3 Å². The first-order valence-corrected chi connectivity index (χ1v) is 5.94. The van der Waals surface area contributed by atoms with Gasteiger partial charge in [-0.25, -0.2) is 0 Å². The summed E-state index contributed by atoms with van der Waals surface area (Å²) in [5.41, 5.74) is 9.11. The molecular formula is C14H21N. The van der Waals surface area contributed by atoms with E-state index in [4.69, 9.17) is 5.73 Å². The van der Waals surface area contributed by atoms with Crippen LogP contribution in [0, 0.1) is 0 Å². The third kappa shape index (κ3) is 1.93. The van der Waals surface area contributed by atoms with Crippen molar-refractivity contribution in [2.24, 2.45) is 5.73 Å². The fourth-order valence-corrected chi connectivity index (χ4v) is 2.80. The molecule has 0 fully saturated rings. The van der Waals surface area contributed by atoms with Crippen LogP contribution in [0.2, 0.25) is 0 Å². The van der Waals surface area contributed by atoms with Gasteiger partial charge in [-0.1, -0.05) is 38.1 Å². The Morgan fingerprint density at radius 2 is 2.07 bits per heavy atom. The van der Waals surface area contributed by atoms with E-state index in [-0.39, 0.29) is 0 Å². The first-order valence-electron chi connectivity index (χ1n) is 5.94. The van der Waals surface area contributed by atoms with E-state index >= 15 is 0 Å². The van der Waals surface area contributed by atoms with E-state index in [1.807, 2.05) is 0 Å². The van der Waals surface area contributed by atoms with Crippen LogP contribution >= 0.6 is 0 Å². The summed E-state index contributed by atoms with van der Waals surface area (Å²) in [6.07, 6.45) is 3.71. The average molecular weight is 203 g/mol. The normalized spacial score (nSPS) is 23.5. The Kier molecular flexibility index (Phi) is 2.83. The highest BCUT2D eigenvalue weighted by Crippen LogP contribution is 2.43. The maximum absolute atomic E-state index is 5.68. The monoisotopic (exact) mass is 203 g/mol. The van der Waals surface area contributed by atoms with Crippen LogP contribution in [-0.4, -0.2) is 6.54 Å². The lowest BCUT2D eigenvalue weighted by Gasteiger charge is -2.37. The molecule has 0 amide bonds. The van der Waals surface area contributed by atoms with Gasteiger partial charge >= 0.3 is 0 Å². The second kappa shape index (κ2) is 3.97. The van der Waals surface area contributed by atoms with E-state index < -0.39 is 0 Å². The molecule has 1 atom stereocenters. The van der Waals surface area contributed by atoms with Crippen LogP contribution < -0.4 is 5.73 Å². The maximum atomic E-state index is 5.68. The van der Waals surface area contributed by atoms with E-state index in [9.17, 15) is 0 Å². The van der Waals surface area contributed by atoms with Gasteiger partial charge in [0.1, 0.15) is 0 Å². The fourth-order valence-electron chi connectivity index (χ4n) is 2.80. The summed E-state index contributed by atoms with van der Waals surface area (Å²) in [6.45, 7) is 5.51. The summed E-state index contributed by atoms with van der Waals surface area (Å²) in [7, 11) is 0. The molecule has 0 heterocycles. The number of hydrogen-bond acceptors (Lipinski definition) is 1. The molecule has 1 aromatic carbocycles. The van der Waals surface area contributed by atoms with Crippen molar-refractivity contribution >= 4 is 0 Å².